The van der Waals surface area contributed by atoms with Crippen molar-refractivity contribution in [3.63, 3.8) is 0 Å². The molecule has 8 unspecified atom stereocenters. The monoisotopic (exact) mass is 792 g/mol. The molecule has 0 aromatic heterocycles. The Balaban J connectivity index is 1.26. The van der Waals surface area contributed by atoms with E-state index in [-0.39, 0.29) is 52.2 Å². The average Bonchev–Trinajstić information content (AvgIpc) is 3.42. The standard InChI is InChI=1S/C47H69ClN2O6/c1-29(2)40-34(51)25-47(37(52)28-50(24-23-49(9)10)27-30-11-13-31(48)14-12-30)22-17-33-32(41(40)47)15-16-36-45(33,7)20-18-35-44(5,6)38(19-21-46(35,36)8)56-39(53)26-43(3,4)42(54)55/h11-14,29,32-33,35-36,38H,15-28H2,1-10H3,(H,54,55). The molecule has 0 spiro atoms. The first-order chi connectivity index (χ1) is 26.1. The van der Waals surface area contributed by atoms with E-state index < -0.39 is 22.8 Å². The minimum Gasteiger partial charge on any atom is -0.481 e. The van der Waals surface area contributed by atoms with Crippen molar-refractivity contribution < 1.29 is 29.0 Å². The number of esters is 1. The zero-order chi connectivity index (χ0) is 41.2. The number of carboxylic acids is 1. The fourth-order valence-corrected chi connectivity index (χ4v) is 13.4. The van der Waals surface area contributed by atoms with Gasteiger partial charge in [0.25, 0.3) is 0 Å². The van der Waals surface area contributed by atoms with Crippen LogP contribution in [0.25, 0.3) is 0 Å². The van der Waals surface area contributed by atoms with Gasteiger partial charge in [-0.25, -0.2) is 0 Å². The summed E-state index contributed by atoms with van der Waals surface area (Å²) in [6, 6.07) is 7.90. The lowest BCUT2D eigenvalue weighted by Gasteiger charge is -2.68. The van der Waals surface area contributed by atoms with E-state index >= 15 is 4.79 Å². The van der Waals surface area contributed by atoms with Gasteiger partial charge in [0.1, 0.15) is 6.10 Å². The Kier molecular flexibility index (Phi) is 12.0. The highest BCUT2D eigenvalue weighted by molar-refractivity contribution is 6.30. The van der Waals surface area contributed by atoms with E-state index in [1.807, 2.05) is 24.3 Å². The quantitative estimate of drug-likeness (QED) is 0.197. The maximum Gasteiger partial charge on any atom is 0.309 e. The van der Waals surface area contributed by atoms with Crippen LogP contribution in [0.3, 0.4) is 0 Å². The minimum atomic E-state index is -1.17. The number of carboxylic acid groups (broad SMARTS) is 1. The first-order valence-electron chi connectivity index (χ1n) is 21.4. The molecule has 1 aromatic rings. The number of hydrogen-bond donors (Lipinski definition) is 1. The Morgan fingerprint density at radius 3 is 2.20 bits per heavy atom. The summed E-state index contributed by atoms with van der Waals surface area (Å²) in [4.78, 5) is 58.5. The second-order valence-corrected chi connectivity index (χ2v) is 21.4. The van der Waals surface area contributed by atoms with Crippen molar-refractivity contribution in [1.82, 2.24) is 9.80 Å². The van der Waals surface area contributed by atoms with Crippen molar-refractivity contribution in [3.05, 3.63) is 46.0 Å². The molecule has 0 bridgehead atoms. The van der Waals surface area contributed by atoms with E-state index in [0.29, 0.717) is 42.3 Å². The number of allylic oxidation sites excluding steroid dienone is 2. The van der Waals surface area contributed by atoms with Gasteiger partial charge in [-0.1, -0.05) is 65.3 Å². The van der Waals surface area contributed by atoms with Gasteiger partial charge in [0.05, 0.1) is 23.8 Å². The summed E-state index contributed by atoms with van der Waals surface area (Å²) in [6.07, 6.45) is 7.56. The van der Waals surface area contributed by atoms with Gasteiger partial charge >= 0.3 is 11.9 Å². The van der Waals surface area contributed by atoms with E-state index in [4.69, 9.17) is 16.3 Å². The fourth-order valence-electron chi connectivity index (χ4n) is 13.2. The van der Waals surface area contributed by atoms with Crippen LogP contribution in [-0.2, 0) is 30.5 Å². The van der Waals surface area contributed by atoms with Crippen molar-refractivity contribution in [3.8, 4) is 0 Å². The molecule has 5 aliphatic carbocycles. The predicted octanol–water partition coefficient (Wildman–Crippen LogP) is 9.28. The Morgan fingerprint density at radius 2 is 1.57 bits per heavy atom. The van der Waals surface area contributed by atoms with Crippen LogP contribution in [0.2, 0.25) is 5.02 Å². The Bertz CT molecular complexity index is 1730. The Labute approximate surface area is 341 Å². The molecule has 0 amide bonds. The zero-order valence-corrected chi connectivity index (χ0v) is 36.7. The van der Waals surface area contributed by atoms with E-state index in [1.54, 1.807) is 13.8 Å². The van der Waals surface area contributed by atoms with Crippen LogP contribution in [0.4, 0.5) is 0 Å². The van der Waals surface area contributed by atoms with Crippen molar-refractivity contribution in [2.75, 3.05) is 33.7 Å². The van der Waals surface area contributed by atoms with Crippen LogP contribution >= 0.6 is 11.6 Å². The van der Waals surface area contributed by atoms with Crippen LogP contribution in [-0.4, -0.2) is 78.2 Å². The highest BCUT2D eigenvalue weighted by Gasteiger charge is 2.67. The molecular formula is C47H69ClN2O6. The summed E-state index contributed by atoms with van der Waals surface area (Å²) in [5, 5.41) is 10.3. The summed E-state index contributed by atoms with van der Waals surface area (Å²) in [5.74, 6) is 0.540. The third-order valence-electron chi connectivity index (χ3n) is 16.1. The van der Waals surface area contributed by atoms with Crippen LogP contribution in [0.1, 0.15) is 125 Å². The summed E-state index contributed by atoms with van der Waals surface area (Å²) >= 11 is 6.22. The van der Waals surface area contributed by atoms with Crippen molar-refractivity contribution in [2.45, 2.75) is 132 Å². The zero-order valence-electron chi connectivity index (χ0n) is 35.9. The SMILES string of the molecule is CC(C)C1=C2C3CCC4C(C)(CCC5C(C)(C)C(OC(=O)CC(C)(C)C(=O)O)CCC54C)C3CCC2(C(=O)CN(CCN(C)C)Cc2ccc(Cl)cc2)CC1=O. The molecule has 5 aliphatic rings. The number of rotatable bonds is 13. The smallest absolute Gasteiger partial charge is 0.309 e. The lowest BCUT2D eigenvalue weighted by molar-refractivity contribution is -0.213. The lowest BCUT2D eigenvalue weighted by Crippen LogP contribution is -2.63. The number of halogens is 1. The summed E-state index contributed by atoms with van der Waals surface area (Å²) in [7, 11) is 4.12. The molecule has 0 radical (unpaired) electrons. The maximum atomic E-state index is 15.1. The second-order valence-electron chi connectivity index (χ2n) is 20.9. The topological polar surface area (TPSA) is 104 Å². The number of aliphatic carboxylic acids is 1. The number of carbonyl (C=O) groups excluding carboxylic acids is 3. The highest BCUT2D eigenvalue weighted by Crippen LogP contribution is 2.73. The molecule has 4 fully saturated rings. The first kappa shape index (κ1) is 43.0. The van der Waals surface area contributed by atoms with Gasteiger partial charge in [0.15, 0.2) is 11.6 Å². The molecule has 56 heavy (non-hydrogen) atoms. The summed E-state index contributed by atoms with van der Waals surface area (Å²) in [5.41, 5.74) is 1.26. The molecule has 8 nitrogen and oxygen atoms in total. The molecular weight excluding hydrogens is 724 g/mol. The molecule has 0 aliphatic heterocycles. The molecule has 0 saturated heterocycles. The van der Waals surface area contributed by atoms with Crippen molar-refractivity contribution in [1.29, 1.82) is 0 Å². The van der Waals surface area contributed by atoms with Crippen LogP contribution < -0.4 is 0 Å². The van der Waals surface area contributed by atoms with Gasteiger partial charge < -0.3 is 14.7 Å². The average molecular weight is 794 g/mol. The second kappa shape index (κ2) is 15.6. The van der Waals surface area contributed by atoms with E-state index in [1.165, 1.54) is 5.57 Å². The predicted molar refractivity (Wildman–Crippen MR) is 221 cm³/mol. The van der Waals surface area contributed by atoms with Crippen molar-refractivity contribution in [2.24, 2.45) is 56.7 Å². The lowest BCUT2D eigenvalue weighted by atomic mass is 9.36. The number of benzene rings is 1. The molecule has 1 aromatic carbocycles. The number of ether oxygens (including phenoxy) is 1. The largest absolute Gasteiger partial charge is 0.481 e. The van der Waals surface area contributed by atoms with E-state index in [0.717, 1.165) is 75.6 Å². The molecule has 0 heterocycles. The molecule has 4 saturated carbocycles. The van der Waals surface area contributed by atoms with Gasteiger partial charge in [-0.3, -0.25) is 24.1 Å². The number of ketones is 2. The number of nitrogens with zero attached hydrogens (tertiary/aromatic N) is 2. The third kappa shape index (κ3) is 7.58. The summed E-state index contributed by atoms with van der Waals surface area (Å²) < 4.78 is 6.17. The number of likely N-dealkylation sites (N-methyl/N-ethyl adjacent to an activating group) is 1. The van der Waals surface area contributed by atoms with Gasteiger partial charge in [-0.2, -0.15) is 0 Å². The van der Waals surface area contributed by atoms with Gasteiger partial charge in [-0.05, 0) is 149 Å². The highest BCUT2D eigenvalue weighted by atomic mass is 35.5. The molecule has 310 valence electrons. The van der Waals surface area contributed by atoms with E-state index in [2.05, 4.69) is 65.4 Å². The Hall–Kier alpha value is -2.55. The molecule has 1 N–H and O–H groups in total. The first-order valence-corrected chi connectivity index (χ1v) is 21.8. The van der Waals surface area contributed by atoms with Crippen LogP contribution in [0.15, 0.2) is 35.4 Å². The Morgan fingerprint density at radius 1 is 0.911 bits per heavy atom. The van der Waals surface area contributed by atoms with Gasteiger partial charge in [0.2, 0.25) is 0 Å². The minimum absolute atomic E-state index is 0.0599. The summed E-state index contributed by atoms with van der Waals surface area (Å²) in [6.45, 7) is 19.6. The number of fused-ring (bicyclic) bond motifs is 7. The third-order valence-corrected chi connectivity index (χ3v) is 16.3. The van der Waals surface area contributed by atoms with Gasteiger partial charge in [-0.15, -0.1) is 0 Å². The number of hydrogen-bond acceptors (Lipinski definition) is 7. The molecule has 8 atom stereocenters. The number of carbonyl (C=O) groups is 4. The van der Waals surface area contributed by atoms with Crippen molar-refractivity contribution >= 4 is 35.1 Å². The normalized spacial score (nSPS) is 33.9. The fraction of sp³-hybridized carbons (Fsp3) is 0.745. The van der Waals surface area contributed by atoms with Crippen LogP contribution in [0.5, 0.6) is 0 Å². The van der Waals surface area contributed by atoms with E-state index in [9.17, 15) is 19.5 Å². The molecule has 6 rings (SSSR count). The maximum absolute atomic E-state index is 15.1. The number of Topliss-reactive ketones (excluding diaryl/α,β-unsaturated/α-hetero) is 2. The molecule has 9 heteroatoms. The van der Waals surface area contributed by atoms with Gasteiger partial charge in [0, 0.05) is 36.5 Å². The van der Waals surface area contributed by atoms with Crippen LogP contribution in [0, 0.1) is 56.7 Å².